The van der Waals surface area contributed by atoms with Crippen LogP contribution in [-0.2, 0) is 9.47 Å². The molecule has 1 aromatic carbocycles. The zero-order valence-corrected chi connectivity index (χ0v) is 21.2. The molecule has 6 nitrogen and oxygen atoms in total. The molecule has 0 saturated carbocycles. The van der Waals surface area contributed by atoms with E-state index in [9.17, 15) is 14.7 Å². The van der Waals surface area contributed by atoms with Crippen molar-refractivity contribution < 1.29 is 28.7 Å². The first-order valence-corrected chi connectivity index (χ1v) is 12.2. The maximum Gasteiger partial charge on any atom is 0.338 e. The number of carbonyl (C=O) groups excluding carboxylic acids is 2. The Morgan fingerprint density at radius 1 is 0.750 bits per heavy atom. The van der Waals surface area contributed by atoms with Gasteiger partial charge in [-0.05, 0) is 31.7 Å². The average molecular weight is 452 g/mol. The number of quaternary nitrogens is 1. The van der Waals surface area contributed by atoms with E-state index in [1.54, 1.807) is 0 Å². The summed E-state index contributed by atoms with van der Waals surface area (Å²) in [6, 6.07) is 3.89. The first-order valence-electron chi connectivity index (χ1n) is 12.2. The SMILES string of the molecule is CCCC[N+](CCCC)(CCCC)CCCC.COC(=O)c1cccc([O-])c1C(=O)OC. The maximum atomic E-state index is 11.4. The van der Waals surface area contributed by atoms with Crippen LogP contribution in [0.15, 0.2) is 18.2 Å². The van der Waals surface area contributed by atoms with Gasteiger partial charge in [0.1, 0.15) is 0 Å². The summed E-state index contributed by atoms with van der Waals surface area (Å²) < 4.78 is 10.3. The van der Waals surface area contributed by atoms with E-state index in [0.29, 0.717) is 0 Å². The Morgan fingerprint density at radius 3 is 1.50 bits per heavy atom. The van der Waals surface area contributed by atoms with Crippen LogP contribution in [0.4, 0.5) is 0 Å². The van der Waals surface area contributed by atoms with Gasteiger partial charge in [-0.2, -0.15) is 0 Å². The molecule has 32 heavy (non-hydrogen) atoms. The predicted molar refractivity (Wildman–Crippen MR) is 128 cm³/mol. The van der Waals surface area contributed by atoms with Crippen molar-refractivity contribution in [3.8, 4) is 5.75 Å². The molecular weight excluding hydrogens is 406 g/mol. The summed E-state index contributed by atoms with van der Waals surface area (Å²) in [5.74, 6) is -2.15. The molecule has 184 valence electrons. The van der Waals surface area contributed by atoms with Crippen molar-refractivity contribution in [3.05, 3.63) is 29.3 Å². The molecule has 6 heteroatoms. The summed E-state index contributed by atoms with van der Waals surface area (Å²) in [5, 5.41) is 11.4. The van der Waals surface area contributed by atoms with Crippen LogP contribution < -0.4 is 5.11 Å². The van der Waals surface area contributed by atoms with Gasteiger partial charge in [-0.1, -0.05) is 71.3 Å². The van der Waals surface area contributed by atoms with Crippen molar-refractivity contribution in [2.75, 3.05) is 40.4 Å². The minimum Gasteiger partial charge on any atom is -0.872 e. The van der Waals surface area contributed by atoms with Gasteiger partial charge in [-0.3, -0.25) is 0 Å². The molecule has 0 aliphatic rings. The minimum absolute atomic E-state index is 0.0862. The number of carbonyl (C=O) groups is 2. The molecule has 0 N–H and O–H groups in total. The van der Waals surface area contributed by atoms with Gasteiger partial charge < -0.3 is 19.1 Å². The van der Waals surface area contributed by atoms with Crippen LogP contribution in [0.25, 0.3) is 0 Å². The number of benzene rings is 1. The first kappa shape index (κ1) is 29.9. The van der Waals surface area contributed by atoms with E-state index in [2.05, 4.69) is 37.2 Å². The number of methoxy groups -OCH3 is 2. The topological polar surface area (TPSA) is 75.7 Å². The second-order valence-electron chi connectivity index (χ2n) is 8.31. The summed E-state index contributed by atoms with van der Waals surface area (Å²) in [6.45, 7) is 15.0. The van der Waals surface area contributed by atoms with E-state index in [0.717, 1.165) is 7.11 Å². The molecular formula is C26H45NO5. The van der Waals surface area contributed by atoms with Crippen molar-refractivity contribution in [1.82, 2.24) is 0 Å². The molecule has 0 spiro atoms. The summed E-state index contributed by atoms with van der Waals surface area (Å²) >= 11 is 0. The molecule has 0 aliphatic carbocycles. The molecule has 0 aliphatic heterocycles. The number of ether oxygens (including phenoxy) is 2. The minimum atomic E-state index is -0.846. The fourth-order valence-corrected chi connectivity index (χ4v) is 3.77. The van der Waals surface area contributed by atoms with Gasteiger partial charge in [-0.15, -0.1) is 0 Å². The van der Waals surface area contributed by atoms with Gasteiger partial charge in [0.25, 0.3) is 0 Å². The van der Waals surface area contributed by atoms with Crippen LogP contribution in [0.5, 0.6) is 5.75 Å². The van der Waals surface area contributed by atoms with Crippen LogP contribution in [0, 0.1) is 0 Å². The highest BCUT2D eigenvalue weighted by atomic mass is 16.5. The van der Waals surface area contributed by atoms with Gasteiger partial charge in [0.2, 0.25) is 0 Å². The lowest BCUT2D eigenvalue weighted by Gasteiger charge is -2.39. The van der Waals surface area contributed by atoms with Crippen molar-refractivity contribution in [3.63, 3.8) is 0 Å². The molecule has 0 bridgehead atoms. The molecule has 0 aromatic heterocycles. The zero-order chi connectivity index (χ0) is 24.4. The van der Waals surface area contributed by atoms with Gasteiger partial charge in [0, 0.05) is 0 Å². The van der Waals surface area contributed by atoms with E-state index >= 15 is 0 Å². The van der Waals surface area contributed by atoms with E-state index < -0.39 is 17.7 Å². The lowest BCUT2D eigenvalue weighted by atomic mass is 10.1. The van der Waals surface area contributed by atoms with Crippen molar-refractivity contribution in [2.24, 2.45) is 0 Å². The standard InChI is InChI=1S/C16H36N.C10H10O5/c1-5-9-13-17(14-10-6-2,15-11-7-3)16-12-8-4;1-14-9(12)6-4-3-5-7(11)8(6)10(13)15-2/h5-16H2,1-4H3;3-5,11H,1-2H3/q+1;/p-1. The van der Waals surface area contributed by atoms with Crippen LogP contribution in [0.3, 0.4) is 0 Å². The maximum absolute atomic E-state index is 11.4. The number of unbranched alkanes of at least 4 members (excludes halogenated alkanes) is 4. The Balaban J connectivity index is 0.000000604. The van der Waals surface area contributed by atoms with Gasteiger partial charge in [-0.25, -0.2) is 9.59 Å². The lowest BCUT2D eigenvalue weighted by Crippen LogP contribution is -2.50. The van der Waals surface area contributed by atoms with Gasteiger partial charge >= 0.3 is 11.9 Å². The summed E-state index contributed by atoms with van der Waals surface area (Å²) in [5.41, 5.74) is -0.385. The first-order chi connectivity index (χ1) is 15.4. The largest absolute Gasteiger partial charge is 0.872 e. The fourth-order valence-electron chi connectivity index (χ4n) is 3.77. The van der Waals surface area contributed by atoms with E-state index in [1.807, 2.05) is 0 Å². The predicted octanol–water partition coefficient (Wildman–Crippen LogP) is 5.34. The monoisotopic (exact) mass is 451 g/mol. The summed E-state index contributed by atoms with van der Waals surface area (Å²) in [6.07, 6.45) is 11.1. The lowest BCUT2D eigenvalue weighted by molar-refractivity contribution is -0.929. The van der Waals surface area contributed by atoms with E-state index in [1.165, 1.54) is 107 Å². The van der Waals surface area contributed by atoms with Gasteiger partial charge in [0.05, 0.1) is 51.5 Å². The van der Waals surface area contributed by atoms with Crippen LogP contribution in [-0.4, -0.2) is 56.8 Å². The smallest absolute Gasteiger partial charge is 0.338 e. The van der Waals surface area contributed by atoms with Crippen molar-refractivity contribution in [1.29, 1.82) is 0 Å². The molecule has 0 heterocycles. The Hall–Kier alpha value is -2.08. The highest BCUT2D eigenvalue weighted by molar-refractivity contribution is 6.04. The molecule has 0 atom stereocenters. The number of esters is 2. The average Bonchev–Trinajstić information content (AvgIpc) is 2.82. The molecule has 0 amide bonds. The zero-order valence-electron chi connectivity index (χ0n) is 21.2. The third-order valence-electron chi connectivity index (χ3n) is 5.77. The van der Waals surface area contributed by atoms with Crippen molar-refractivity contribution in [2.45, 2.75) is 79.1 Å². The number of nitrogens with zero attached hydrogens (tertiary/aromatic N) is 1. The fraction of sp³-hybridized carbons (Fsp3) is 0.692. The highest BCUT2D eigenvalue weighted by Crippen LogP contribution is 2.20. The van der Waals surface area contributed by atoms with Crippen molar-refractivity contribution >= 4 is 11.9 Å². The third-order valence-corrected chi connectivity index (χ3v) is 5.77. The Morgan fingerprint density at radius 2 is 1.16 bits per heavy atom. The molecule has 0 unspecified atom stereocenters. The normalized spacial score (nSPS) is 10.8. The van der Waals surface area contributed by atoms with Gasteiger partial charge in [0.15, 0.2) is 0 Å². The molecule has 0 radical (unpaired) electrons. The number of hydrogen-bond acceptors (Lipinski definition) is 5. The van der Waals surface area contributed by atoms with Crippen LogP contribution in [0.1, 0.15) is 99.8 Å². The Labute approximate surface area is 195 Å². The number of hydrogen-bond donors (Lipinski definition) is 0. The van der Waals surface area contributed by atoms with Crippen LogP contribution in [0.2, 0.25) is 0 Å². The number of rotatable bonds is 14. The third kappa shape index (κ3) is 10.5. The highest BCUT2D eigenvalue weighted by Gasteiger charge is 2.24. The molecule has 1 rings (SSSR count). The van der Waals surface area contributed by atoms with E-state index in [4.69, 9.17) is 0 Å². The Bertz CT molecular complexity index is 622. The second-order valence-corrected chi connectivity index (χ2v) is 8.31. The van der Waals surface area contributed by atoms with E-state index in [-0.39, 0.29) is 11.1 Å². The Kier molecular flexibility index (Phi) is 16.3. The quantitative estimate of drug-likeness (QED) is 0.282. The van der Waals surface area contributed by atoms with Crippen LogP contribution >= 0.6 is 0 Å². The molecule has 1 aromatic rings. The summed E-state index contributed by atoms with van der Waals surface area (Å²) in [4.78, 5) is 22.5. The second kappa shape index (κ2) is 17.5. The molecule has 0 fully saturated rings. The molecule has 0 saturated heterocycles. The summed E-state index contributed by atoms with van der Waals surface area (Å²) in [7, 11) is 2.30.